The number of aryl methyl sites for hydroxylation is 1. The molecule has 2 heterocycles. The molecule has 7 heteroatoms. The normalized spacial score (nSPS) is 17.1. The van der Waals surface area contributed by atoms with E-state index >= 15 is 0 Å². The van der Waals surface area contributed by atoms with Gasteiger partial charge in [-0.3, -0.25) is 0 Å². The molecule has 0 aliphatic carbocycles. The Morgan fingerprint density at radius 2 is 1.84 bits per heavy atom. The van der Waals surface area contributed by atoms with Gasteiger partial charge < -0.3 is 16.4 Å². The molecule has 176 valence electrons. The Morgan fingerprint density at radius 3 is 2.44 bits per heavy atom. The van der Waals surface area contributed by atoms with Crippen LogP contribution in [0.3, 0.4) is 0 Å². The maximum atomic E-state index is 6.75. The molecule has 1 aromatic carbocycles. The smallest absolute Gasteiger partial charge is 0.152 e. The van der Waals surface area contributed by atoms with E-state index in [1.807, 2.05) is 19.1 Å². The molecule has 0 amide bonds. The van der Waals surface area contributed by atoms with Gasteiger partial charge in [-0.2, -0.15) is 0 Å². The fourth-order valence-electron chi connectivity index (χ4n) is 5.02. The number of unbranched alkanes of at least 4 members (excludes halogenated alkanes) is 1. The van der Waals surface area contributed by atoms with Crippen LogP contribution in [0.1, 0.15) is 64.3 Å². The number of anilines is 1. The van der Waals surface area contributed by atoms with Gasteiger partial charge in [0.2, 0.25) is 0 Å². The standard InChI is InChI=1S/C25H37Cl2N5/c1-5-6-10-25(23(29)16(2)3)11-13-32(14-12-25)24-20(15-28)31-22(17(4)30-24)18-8-7-9-19(26)21(18)27/h7-9,16,23H,5-6,10-15,28-29H2,1-4H3. The molecular formula is C25H37Cl2N5. The summed E-state index contributed by atoms with van der Waals surface area (Å²) in [7, 11) is 0. The van der Waals surface area contributed by atoms with Crippen molar-refractivity contribution < 1.29 is 0 Å². The van der Waals surface area contributed by atoms with Gasteiger partial charge in [0, 0.05) is 31.2 Å². The van der Waals surface area contributed by atoms with Gasteiger partial charge >= 0.3 is 0 Å². The highest BCUT2D eigenvalue weighted by Crippen LogP contribution is 2.43. The average Bonchev–Trinajstić information content (AvgIpc) is 2.79. The molecule has 5 nitrogen and oxygen atoms in total. The van der Waals surface area contributed by atoms with Crippen molar-refractivity contribution in [3.63, 3.8) is 0 Å². The number of hydrogen-bond donors (Lipinski definition) is 2. The van der Waals surface area contributed by atoms with E-state index in [0.717, 1.165) is 54.4 Å². The van der Waals surface area contributed by atoms with Gasteiger partial charge in [0.25, 0.3) is 0 Å². The van der Waals surface area contributed by atoms with Crippen molar-refractivity contribution >= 4 is 29.0 Å². The summed E-state index contributed by atoms with van der Waals surface area (Å²) in [6.45, 7) is 10.9. The topological polar surface area (TPSA) is 81.1 Å². The van der Waals surface area contributed by atoms with E-state index in [9.17, 15) is 0 Å². The van der Waals surface area contributed by atoms with Crippen LogP contribution in [0.25, 0.3) is 11.3 Å². The Kier molecular flexibility index (Phi) is 8.42. The van der Waals surface area contributed by atoms with E-state index in [1.165, 1.54) is 19.3 Å². The van der Waals surface area contributed by atoms with E-state index < -0.39 is 0 Å². The summed E-state index contributed by atoms with van der Waals surface area (Å²) in [6, 6.07) is 5.78. The summed E-state index contributed by atoms with van der Waals surface area (Å²) in [5.74, 6) is 1.36. The molecule has 0 radical (unpaired) electrons. The van der Waals surface area contributed by atoms with Crippen LogP contribution in [0.4, 0.5) is 5.82 Å². The van der Waals surface area contributed by atoms with Crippen LogP contribution in [0.15, 0.2) is 18.2 Å². The van der Waals surface area contributed by atoms with Gasteiger partial charge in [0.15, 0.2) is 5.82 Å². The molecular weight excluding hydrogens is 441 g/mol. The zero-order chi connectivity index (χ0) is 23.5. The molecule has 2 aromatic rings. The Bertz CT molecular complexity index is 923. The third-order valence-electron chi connectivity index (χ3n) is 7.03. The number of benzene rings is 1. The molecule has 1 saturated heterocycles. The minimum atomic E-state index is 0.195. The number of piperidine rings is 1. The first-order valence-corrected chi connectivity index (χ1v) is 12.5. The molecule has 1 aliphatic rings. The third kappa shape index (κ3) is 5.06. The lowest BCUT2D eigenvalue weighted by Gasteiger charge is -2.47. The van der Waals surface area contributed by atoms with Crippen LogP contribution in [0, 0.1) is 18.3 Å². The molecule has 32 heavy (non-hydrogen) atoms. The molecule has 1 aromatic heterocycles. The Labute approximate surface area is 202 Å². The Hall–Kier alpha value is -1.40. The van der Waals surface area contributed by atoms with Crippen LogP contribution < -0.4 is 16.4 Å². The van der Waals surface area contributed by atoms with Crippen molar-refractivity contribution in [2.24, 2.45) is 22.8 Å². The largest absolute Gasteiger partial charge is 0.355 e. The first-order valence-electron chi connectivity index (χ1n) is 11.8. The first kappa shape index (κ1) is 25.2. The minimum absolute atomic E-state index is 0.195. The molecule has 0 spiro atoms. The van der Waals surface area contributed by atoms with Crippen molar-refractivity contribution in [1.82, 2.24) is 9.97 Å². The Balaban J connectivity index is 1.89. The zero-order valence-corrected chi connectivity index (χ0v) is 21.3. The molecule has 1 unspecified atom stereocenters. The molecule has 3 rings (SSSR count). The monoisotopic (exact) mass is 477 g/mol. The number of halogens is 2. The van der Waals surface area contributed by atoms with Crippen molar-refractivity contribution in [3.05, 3.63) is 39.6 Å². The molecule has 1 atom stereocenters. The molecule has 0 saturated carbocycles. The van der Waals surface area contributed by atoms with Crippen LogP contribution in [0.2, 0.25) is 10.0 Å². The maximum Gasteiger partial charge on any atom is 0.152 e. The van der Waals surface area contributed by atoms with E-state index in [0.29, 0.717) is 22.5 Å². The highest BCUT2D eigenvalue weighted by molar-refractivity contribution is 6.43. The fourth-order valence-corrected chi connectivity index (χ4v) is 5.41. The summed E-state index contributed by atoms with van der Waals surface area (Å²) in [5.41, 5.74) is 16.2. The second-order valence-corrected chi connectivity index (χ2v) is 10.2. The van der Waals surface area contributed by atoms with Gasteiger partial charge in [-0.25, -0.2) is 9.97 Å². The lowest BCUT2D eigenvalue weighted by molar-refractivity contribution is 0.120. The van der Waals surface area contributed by atoms with Crippen LogP contribution >= 0.6 is 23.2 Å². The van der Waals surface area contributed by atoms with Gasteiger partial charge in [0.05, 0.1) is 27.1 Å². The second kappa shape index (κ2) is 10.7. The van der Waals surface area contributed by atoms with Crippen LogP contribution in [-0.2, 0) is 6.54 Å². The molecule has 0 bridgehead atoms. The summed E-state index contributed by atoms with van der Waals surface area (Å²) in [5, 5.41) is 0.994. The number of hydrogen-bond acceptors (Lipinski definition) is 5. The summed E-state index contributed by atoms with van der Waals surface area (Å²) < 4.78 is 0. The van der Waals surface area contributed by atoms with E-state index in [-0.39, 0.29) is 11.5 Å². The molecule has 4 N–H and O–H groups in total. The quantitative estimate of drug-likeness (QED) is 0.488. The lowest BCUT2D eigenvalue weighted by Crippen LogP contribution is -2.52. The van der Waals surface area contributed by atoms with E-state index in [4.69, 9.17) is 44.6 Å². The van der Waals surface area contributed by atoms with Crippen molar-refractivity contribution in [1.29, 1.82) is 0 Å². The van der Waals surface area contributed by atoms with Crippen molar-refractivity contribution in [2.75, 3.05) is 18.0 Å². The highest BCUT2D eigenvalue weighted by atomic mass is 35.5. The predicted molar refractivity (Wildman–Crippen MR) is 136 cm³/mol. The number of aromatic nitrogens is 2. The fraction of sp³-hybridized carbons (Fsp3) is 0.600. The number of rotatable bonds is 8. The van der Waals surface area contributed by atoms with Gasteiger partial charge in [-0.15, -0.1) is 0 Å². The lowest BCUT2D eigenvalue weighted by atomic mass is 9.66. The zero-order valence-electron chi connectivity index (χ0n) is 19.8. The summed E-state index contributed by atoms with van der Waals surface area (Å²) in [4.78, 5) is 12.2. The Morgan fingerprint density at radius 1 is 1.16 bits per heavy atom. The summed E-state index contributed by atoms with van der Waals surface area (Å²) >= 11 is 12.7. The highest BCUT2D eigenvalue weighted by Gasteiger charge is 2.41. The maximum absolute atomic E-state index is 6.75. The number of nitrogens with zero attached hydrogens (tertiary/aromatic N) is 3. The molecule has 1 aliphatic heterocycles. The van der Waals surface area contributed by atoms with Crippen molar-refractivity contribution in [3.8, 4) is 11.3 Å². The average molecular weight is 479 g/mol. The van der Waals surface area contributed by atoms with Gasteiger partial charge in [0.1, 0.15) is 0 Å². The second-order valence-electron chi connectivity index (χ2n) is 9.46. The number of nitrogens with two attached hydrogens (primary N) is 2. The SMILES string of the molecule is CCCCC1(C(N)C(C)C)CCN(c2nc(C)c(-c3cccc(Cl)c3Cl)nc2CN)CC1. The minimum Gasteiger partial charge on any atom is -0.355 e. The summed E-state index contributed by atoms with van der Waals surface area (Å²) in [6.07, 6.45) is 5.75. The van der Waals surface area contributed by atoms with Crippen molar-refractivity contribution in [2.45, 2.75) is 72.4 Å². The first-order chi connectivity index (χ1) is 15.2. The van der Waals surface area contributed by atoms with Gasteiger partial charge in [-0.05, 0) is 43.6 Å². The third-order valence-corrected chi connectivity index (χ3v) is 7.85. The van der Waals surface area contributed by atoms with E-state index in [1.54, 1.807) is 6.07 Å². The molecule has 1 fully saturated rings. The van der Waals surface area contributed by atoms with Crippen LogP contribution in [-0.4, -0.2) is 29.1 Å². The predicted octanol–water partition coefficient (Wildman–Crippen LogP) is 5.98. The van der Waals surface area contributed by atoms with Crippen LogP contribution in [0.5, 0.6) is 0 Å². The van der Waals surface area contributed by atoms with Gasteiger partial charge in [-0.1, -0.05) is 68.9 Å². The van der Waals surface area contributed by atoms with E-state index in [2.05, 4.69) is 25.7 Å².